The van der Waals surface area contributed by atoms with Gasteiger partial charge in [0.05, 0.1) is 18.4 Å². The molecular formula is C24H25N7O4. The summed E-state index contributed by atoms with van der Waals surface area (Å²) in [6.45, 7) is 2.47. The zero-order valence-electron chi connectivity index (χ0n) is 19.1. The number of likely N-dealkylation sites (tertiary alicyclic amines) is 1. The van der Waals surface area contributed by atoms with Crippen LogP contribution in [0.4, 0.5) is 0 Å². The van der Waals surface area contributed by atoms with Gasteiger partial charge in [-0.2, -0.15) is 0 Å². The summed E-state index contributed by atoms with van der Waals surface area (Å²) in [5, 5.41) is 13.4. The Kier molecular flexibility index (Phi) is 6.05. The van der Waals surface area contributed by atoms with Crippen LogP contribution in [0.3, 0.4) is 0 Å². The molecule has 35 heavy (non-hydrogen) atoms. The van der Waals surface area contributed by atoms with Gasteiger partial charge in [0.25, 0.3) is 11.8 Å². The molecule has 1 aromatic heterocycles. The molecule has 0 aliphatic carbocycles. The van der Waals surface area contributed by atoms with Crippen LogP contribution in [0, 0.1) is 12.3 Å². The van der Waals surface area contributed by atoms with Crippen LogP contribution in [0.15, 0.2) is 24.4 Å². The number of fused-ring (bicyclic) bond motifs is 1. The highest BCUT2D eigenvalue weighted by Gasteiger charge is 2.39. The second-order valence-corrected chi connectivity index (χ2v) is 9.04. The minimum Gasteiger partial charge on any atom is -0.347 e. The maximum atomic E-state index is 13.0. The minimum atomic E-state index is -0.672. The Labute approximate surface area is 201 Å². The highest BCUT2D eigenvalue weighted by atomic mass is 16.2. The molecule has 3 aliphatic rings. The Balaban J connectivity index is 1.27. The van der Waals surface area contributed by atoms with E-state index in [1.165, 1.54) is 15.8 Å². The van der Waals surface area contributed by atoms with Gasteiger partial charge in [0, 0.05) is 31.1 Å². The van der Waals surface area contributed by atoms with Crippen molar-refractivity contribution in [3.05, 3.63) is 41.2 Å². The molecule has 11 heteroatoms. The summed E-state index contributed by atoms with van der Waals surface area (Å²) in [5.41, 5.74) is 2.00. The van der Waals surface area contributed by atoms with Crippen molar-refractivity contribution in [2.24, 2.45) is 0 Å². The number of nitrogens with one attached hydrogen (secondary N) is 2. The maximum Gasteiger partial charge on any atom is 0.273 e. The van der Waals surface area contributed by atoms with Crippen LogP contribution < -0.4 is 10.6 Å². The molecule has 4 heterocycles. The molecule has 2 unspecified atom stereocenters. The SMILES string of the molecule is C#CCN1CCCC(NC(=O)c2cn(-c3ccc4c(c3)C(=O)N(C3CCC(=O)NC3=O)C4)nn2)C1. The third kappa shape index (κ3) is 4.52. The topological polar surface area (TPSA) is 130 Å². The van der Waals surface area contributed by atoms with Crippen LogP contribution in [0.1, 0.15) is 52.1 Å². The van der Waals surface area contributed by atoms with E-state index in [4.69, 9.17) is 6.42 Å². The molecule has 2 N–H and O–H groups in total. The lowest BCUT2D eigenvalue weighted by atomic mass is 10.0. The molecule has 0 saturated carbocycles. The zero-order chi connectivity index (χ0) is 24.5. The Bertz CT molecular complexity index is 1250. The molecule has 0 bridgehead atoms. The number of amides is 4. The van der Waals surface area contributed by atoms with Crippen molar-refractivity contribution in [3.8, 4) is 18.0 Å². The molecule has 0 radical (unpaired) electrons. The molecule has 5 rings (SSSR count). The van der Waals surface area contributed by atoms with Gasteiger partial charge >= 0.3 is 0 Å². The quantitative estimate of drug-likeness (QED) is 0.455. The van der Waals surface area contributed by atoms with Crippen molar-refractivity contribution in [3.63, 3.8) is 0 Å². The van der Waals surface area contributed by atoms with Crippen LogP contribution >= 0.6 is 0 Å². The number of piperidine rings is 2. The first-order valence-electron chi connectivity index (χ1n) is 11.6. The second-order valence-electron chi connectivity index (χ2n) is 9.04. The number of terminal acetylenes is 1. The Morgan fingerprint density at radius 2 is 2.11 bits per heavy atom. The second kappa shape index (κ2) is 9.31. The molecule has 180 valence electrons. The summed E-state index contributed by atoms with van der Waals surface area (Å²) in [6, 6.07) is 4.59. The zero-order valence-corrected chi connectivity index (χ0v) is 19.1. The first-order valence-corrected chi connectivity index (χ1v) is 11.6. The number of nitrogens with zero attached hydrogens (tertiary/aromatic N) is 5. The van der Waals surface area contributed by atoms with Gasteiger partial charge < -0.3 is 10.2 Å². The lowest BCUT2D eigenvalue weighted by Crippen LogP contribution is -2.52. The Hall–Kier alpha value is -4.04. The average molecular weight is 476 g/mol. The van der Waals surface area contributed by atoms with Crippen LogP contribution in [0.2, 0.25) is 0 Å². The lowest BCUT2D eigenvalue weighted by molar-refractivity contribution is -0.136. The monoisotopic (exact) mass is 475 g/mol. The number of benzene rings is 1. The van der Waals surface area contributed by atoms with E-state index in [-0.39, 0.29) is 35.9 Å². The molecule has 1 aromatic carbocycles. The molecule has 0 spiro atoms. The summed E-state index contributed by atoms with van der Waals surface area (Å²) in [5.74, 6) is 1.28. The van der Waals surface area contributed by atoms with Gasteiger partial charge in [0.2, 0.25) is 11.8 Å². The van der Waals surface area contributed by atoms with E-state index in [1.54, 1.807) is 18.2 Å². The average Bonchev–Trinajstić information content (AvgIpc) is 3.45. The number of rotatable bonds is 5. The van der Waals surface area contributed by atoms with Crippen LogP contribution in [0.25, 0.3) is 5.69 Å². The molecule has 3 aliphatic heterocycles. The molecule has 4 amide bonds. The lowest BCUT2D eigenvalue weighted by Gasteiger charge is -2.31. The number of carbonyl (C=O) groups excluding carboxylic acids is 4. The van der Waals surface area contributed by atoms with E-state index in [1.807, 2.05) is 0 Å². The number of hydrogen-bond donors (Lipinski definition) is 2. The van der Waals surface area contributed by atoms with Gasteiger partial charge in [-0.05, 0) is 43.5 Å². The van der Waals surface area contributed by atoms with Crippen molar-refractivity contribution in [2.75, 3.05) is 19.6 Å². The standard InChI is InChI=1S/C24H25N7O4/c1-2-9-29-10-3-4-16(13-29)25-22(33)19-14-31(28-27-19)17-6-5-15-12-30(24(35)18(15)11-17)20-7-8-21(32)26-23(20)34/h1,5-6,11,14,16,20H,3-4,7-10,12-13H2,(H,25,33)(H,26,32,34). The summed E-state index contributed by atoms with van der Waals surface area (Å²) in [7, 11) is 0. The highest BCUT2D eigenvalue weighted by molar-refractivity contribution is 6.05. The fourth-order valence-corrected chi connectivity index (χ4v) is 4.88. The van der Waals surface area contributed by atoms with Gasteiger partial charge in [-0.15, -0.1) is 11.5 Å². The first-order chi connectivity index (χ1) is 16.9. The van der Waals surface area contributed by atoms with Crippen molar-refractivity contribution in [1.82, 2.24) is 35.4 Å². The minimum absolute atomic E-state index is 0.00868. The summed E-state index contributed by atoms with van der Waals surface area (Å²) in [6.07, 6.45) is 9.26. The fourth-order valence-electron chi connectivity index (χ4n) is 4.88. The van der Waals surface area contributed by atoms with Crippen molar-refractivity contribution >= 4 is 23.6 Å². The maximum absolute atomic E-state index is 13.0. The molecular weight excluding hydrogens is 450 g/mol. The first kappa shape index (κ1) is 22.7. The normalized spacial score (nSPS) is 22.5. The Morgan fingerprint density at radius 3 is 2.91 bits per heavy atom. The fraction of sp³-hybridized carbons (Fsp3) is 0.417. The number of carbonyl (C=O) groups is 4. The summed E-state index contributed by atoms with van der Waals surface area (Å²) < 4.78 is 1.45. The van der Waals surface area contributed by atoms with Gasteiger partial charge in [0.15, 0.2) is 5.69 Å². The highest BCUT2D eigenvalue weighted by Crippen LogP contribution is 2.29. The van der Waals surface area contributed by atoms with Crippen molar-refractivity contribution in [2.45, 2.75) is 44.3 Å². The van der Waals surface area contributed by atoms with E-state index in [9.17, 15) is 19.2 Å². The molecule has 2 saturated heterocycles. The van der Waals surface area contributed by atoms with Crippen LogP contribution in [0.5, 0.6) is 0 Å². The van der Waals surface area contributed by atoms with Crippen LogP contribution in [-0.4, -0.2) is 80.1 Å². The van der Waals surface area contributed by atoms with E-state index < -0.39 is 11.9 Å². The van der Waals surface area contributed by atoms with E-state index in [2.05, 4.69) is 31.8 Å². The molecule has 2 atom stereocenters. The van der Waals surface area contributed by atoms with E-state index >= 15 is 0 Å². The number of hydrogen-bond acceptors (Lipinski definition) is 7. The third-order valence-corrected chi connectivity index (χ3v) is 6.66. The molecule has 2 fully saturated rings. The van der Waals surface area contributed by atoms with Gasteiger partial charge in [0.1, 0.15) is 6.04 Å². The predicted octanol–water partition coefficient (Wildman–Crippen LogP) is -0.144. The van der Waals surface area contributed by atoms with E-state index in [0.717, 1.165) is 24.9 Å². The third-order valence-electron chi connectivity index (χ3n) is 6.66. The summed E-state index contributed by atoms with van der Waals surface area (Å²) in [4.78, 5) is 53.1. The van der Waals surface area contributed by atoms with Gasteiger partial charge in [-0.25, -0.2) is 4.68 Å². The van der Waals surface area contributed by atoms with E-state index in [0.29, 0.717) is 37.3 Å². The van der Waals surface area contributed by atoms with Gasteiger partial charge in [-0.3, -0.25) is 29.4 Å². The van der Waals surface area contributed by atoms with Gasteiger partial charge in [-0.1, -0.05) is 17.2 Å². The summed E-state index contributed by atoms with van der Waals surface area (Å²) >= 11 is 0. The number of aromatic nitrogens is 3. The Morgan fingerprint density at radius 1 is 1.26 bits per heavy atom. The molecule has 11 nitrogen and oxygen atoms in total. The number of imide groups is 1. The van der Waals surface area contributed by atoms with Crippen molar-refractivity contribution in [1.29, 1.82) is 0 Å². The smallest absolute Gasteiger partial charge is 0.273 e. The largest absolute Gasteiger partial charge is 0.347 e. The predicted molar refractivity (Wildman–Crippen MR) is 123 cm³/mol. The van der Waals surface area contributed by atoms with Crippen molar-refractivity contribution < 1.29 is 19.2 Å². The molecule has 2 aromatic rings. The van der Waals surface area contributed by atoms with Crippen LogP contribution in [-0.2, 0) is 16.1 Å².